The van der Waals surface area contributed by atoms with Gasteiger partial charge in [-0.3, -0.25) is 4.79 Å². The van der Waals surface area contributed by atoms with Crippen molar-refractivity contribution < 1.29 is 13.9 Å². The van der Waals surface area contributed by atoms with Gasteiger partial charge >= 0.3 is 0 Å². The van der Waals surface area contributed by atoms with Gasteiger partial charge in [0.25, 0.3) is 0 Å². The Bertz CT molecular complexity index is 875. The number of fused-ring (bicyclic) bond motifs is 1. The van der Waals surface area contributed by atoms with Crippen LogP contribution in [0, 0.1) is 18.3 Å². The summed E-state index contributed by atoms with van der Waals surface area (Å²) >= 11 is 0. The van der Waals surface area contributed by atoms with E-state index in [0.717, 1.165) is 6.29 Å². The van der Waals surface area contributed by atoms with E-state index in [2.05, 4.69) is 4.98 Å². The van der Waals surface area contributed by atoms with E-state index in [9.17, 15) is 4.79 Å². The average Bonchev–Trinajstić information content (AvgIpc) is 2.87. The fourth-order valence-corrected chi connectivity index (χ4v) is 2.05. The molecule has 1 aromatic carbocycles. The van der Waals surface area contributed by atoms with Gasteiger partial charge in [0.2, 0.25) is 11.6 Å². The smallest absolute Gasteiger partial charge is 0.247 e. The number of benzene rings is 1. The van der Waals surface area contributed by atoms with Crippen molar-refractivity contribution in [3.63, 3.8) is 0 Å². The lowest BCUT2D eigenvalue weighted by Gasteiger charge is -2.06. The Morgan fingerprint density at radius 2 is 2.19 bits per heavy atom. The summed E-state index contributed by atoms with van der Waals surface area (Å²) in [6.45, 7) is 1.78. The molecule has 0 aliphatic heterocycles. The number of aryl methyl sites for hydroxylation is 1. The summed E-state index contributed by atoms with van der Waals surface area (Å²) < 4.78 is 11.2. The number of carbonyl (C=O) groups excluding carboxylic acids is 1. The summed E-state index contributed by atoms with van der Waals surface area (Å²) in [6, 6.07) is 10.9. The van der Waals surface area contributed by atoms with Gasteiger partial charge in [0.1, 0.15) is 11.7 Å². The predicted octanol–water partition coefficient (Wildman–Crippen LogP) is 3.61. The third-order valence-corrected chi connectivity index (χ3v) is 3.04. The molecule has 102 valence electrons. The molecule has 0 aliphatic rings. The molecular formula is C16H10N2O3. The summed E-state index contributed by atoms with van der Waals surface area (Å²) in [5.74, 6) is 0.767. The Labute approximate surface area is 120 Å². The van der Waals surface area contributed by atoms with Gasteiger partial charge in [-0.15, -0.1) is 0 Å². The van der Waals surface area contributed by atoms with Crippen molar-refractivity contribution in [1.82, 2.24) is 4.98 Å². The zero-order chi connectivity index (χ0) is 14.8. The average molecular weight is 278 g/mol. The predicted molar refractivity (Wildman–Crippen MR) is 75.4 cm³/mol. The number of hydrogen-bond donors (Lipinski definition) is 0. The van der Waals surface area contributed by atoms with Gasteiger partial charge in [-0.1, -0.05) is 12.1 Å². The highest BCUT2D eigenvalue weighted by molar-refractivity contribution is 5.86. The molecule has 0 atom stereocenters. The number of carbonyl (C=O) groups is 1. The zero-order valence-electron chi connectivity index (χ0n) is 11.2. The number of ether oxygens (including phenoxy) is 1. The van der Waals surface area contributed by atoms with Crippen molar-refractivity contribution in [1.29, 1.82) is 5.26 Å². The Kier molecular flexibility index (Phi) is 3.13. The SMILES string of the molecule is Cc1cc(C=O)cnc1Oc1c(C#N)oc2ccccc12. The molecule has 0 radical (unpaired) electrons. The molecule has 0 saturated carbocycles. The molecular weight excluding hydrogens is 268 g/mol. The molecule has 2 aromatic heterocycles. The monoisotopic (exact) mass is 278 g/mol. The number of para-hydroxylation sites is 1. The molecule has 2 heterocycles. The van der Waals surface area contributed by atoms with Crippen LogP contribution in [0.25, 0.3) is 11.0 Å². The van der Waals surface area contributed by atoms with Gasteiger partial charge < -0.3 is 9.15 Å². The van der Waals surface area contributed by atoms with Crippen LogP contribution >= 0.6 is 0 Å². The highest BCUT2D eigenvalue weighted by Gasteiger charge is 2.17. The molecule has 0 amide bonds. The normalized spacial score (nSPS) is 10.3. The van der Waals surface area contributed by atoms with E-state index in [0.29, 0.717) is 33.7 Å². The summed E-state index contributed by atoms with van der Waals surface area (Å²) in [7, 11) is 0. The molecule has 0 saturated heterocycles. The number of furan rings is 1. The summed E-state index contributed by atoms with van der Waals surface area (Å²) in [5.41, 5.74) is 1.75. The minimum Gasteiger partial charge on any atom is -0.442 e. The quantitative estimate of drug-likeness (QED) is 0.684. The largest absolute Gasteiger partial charge is 0.442 e. The minimum atomic E-state index is 0.0943. The first-order chi connectivity index (χ1) is 10.2. The fraction of sp³-hybridized carbons (Fsp3) is 0.0625. The highest BCUT2D eigenvalue weighted by atomic mass is 16.5. The molecule has 21 heavy (non-hydrogen) atoms. The number of pyridine rings is 1. The van der Waals surface area contributed by atoms with Gasteiger partial charge in [0.05, 0.1) is 5.39 Å². The Hall–Kier alpha value is -3.13. The third-order valence-electron chi connectivity index (χ3n) is 3.04. The van der Waals surface area contributed by atoms with E-state index in [4.69, 9.17) is 14.4 Å². The maximum Gasteiger partial charge on any atom is 0.247 e. The van der Waals surface area contributed by atoms with Gasteiger partial charge in [0, 0.05) is 17.3 Å². The zero-order valence-corrected chi connectivity index (χ0v) is 11.2. The molecule has 0 bridgehead atoms. The van der Waals surface area contributed by atoms with Crippen molar-refractivity contribution in [2.24, 2.45) is 0 Å². The van der Waals surface area contributed by atoms with Crippen LogP contribution in [-0.4, -0.2) is 11.3 Å². The second-order valence-corrected chi connectivity index (χ2v) is 4.48. The molecule has 0 aliphatic carbocycles. The van der Waals surface area contributed by atoms with E-state index < -0.39 is 0 Å². The number of rotatable bonds is 3. The van der Waals surface area contributed by atoms with Gasteiger partial charge in [-0.25, -0.2) is 4.98 Å². The maximum absolute atomic E-state index is 10.7. The molecule has 0 spiro atoms. The van der Waals surface area contributed by atoms with Crippen molar-refractivity contribution in [3.8, 4) is 17.7 Å². The van der Waals surface area contributed by atoms with E-state index >= 15 is 0 Å². The van der Waals surface area contributed by atoms with Crippen molar-refractivity contribution in [2.45, 2.75) is 6.92 Å². The fourth-order valence-electron chi connectivity index (χ4n) is 2.05. The number of nitrogens with zero attached hydrogens (tertiary/aromatic N) is 2. The first-order valence-electron chi connectivity index (χ1n) is 6.24. The van der Waals surface area contributed by atoms with E-state index in [-0.39, 0.29) is 5.76 Å². The molecule has 3 aromatic rings. The number of aromatic nitrogens is 1. The van der Waals surface area contributed by atoms with Crippen LogP contribution in [-0.2, 0) is 0 Å². The van der Waals surface area contributed by atoms with Crippen LogP contribution in [0.2, 0.25) is 0 Å². The minimum absolute atomic E-state index is 0.0943. The van der Waals surface area contributed by atoms with E-state index in [1.165, 1.54) is 6.20 Å². The lowest BCUT2D eigenvalue weighted by molar-refractivity contribution is 0.112. The van der Waals surface area contributed by atoms with Crippen LogP contribution in [0.4, 0.5) is 0 Å². The molecule has 0 fully saturated rings. The van der Waals surface area contributed by atoms with Crippen LogP contribution in [0.5, 0.6) is 11.6 Å². The standard InChI is InChI=1S/C16H10N2O3/c1-10-6-11(9-19)8-18-16(10)21-15-12-4-2-3-5-13(12)20-14(15)7-17/h2-6,8-9H,1H3. The lowest BCUT2D eigenvalue weighted by atomic mass is 10.2. The highest BCUT2D eigenvalue weighted by Crippen LogP contribution is 2.36. The van der Waals surface area contributed by atoms with Crippen LogP contribution < -0.4 is 4.74 Å². The van der Waals surface area contributed by atoms with Crippen LogP contribution in [0.3, 0.4) is 0 Å². The summed E-state index contributed by atoms with van der Waals surface area (Å²) in [4.78, 5) is 14.8. The number of nitriles is 1. The molecule has 0 unspecified atom stereocenters. The number of aldehydes is 1. The second-order valence-electron chi connectivity index (χ2n) is 4.48. The molecule has 3 rings (SSSR count). The van der Waals surface area contributed by atoms with Crippen molar-refractivity contribution in [2.75, 3.05) is 0 Å². The van der Waals surface area contributed by atoms with Gasteiger partial charge in [-0.05, 0) is 25.1 Å². The Balaban J connectivity index is 2.10. The van der Waals surface area contributed by atoms with E-state index in [1.54, 1.807) is 19.1 Å². The Morgan fingerprint density at radius 1 is 1.38 bits per heavy atom. The van der Waals surface area contributed by atoms with Gasteiger partial charge in [-0.2, -0.15) is 5.26 Å². The maximum atomic E-state index is 10.7. The Morgan fingerprint density at radius 3 is 2.90 bits per heavy atom. The summed E-state index contributed by atoms with van der Waals surface area (Å²) in [6.07, 6.45) is 2.14. The molecule has 5 heteroatoms. The first-order valence-corrected chi connectivity index (χ1v) is 6.24. The lowest BCUT2D eigenvalue weighted by Crippen LogP contribution is -1.94. The van der Waals surface area contributed by atoms with E-state index in [1.807, 2.05) is 24.3 Å². The number of hydrogen-bond acceptors (Lipinski definition) is 5. The molecule has 5 nitrogen and oxygen atoms in total. The van der Waals surface area contributed by atoms with Crippen molar-refractivity contribution in [3.05, 3.63) is 53.4 Å². The first kappa shape index (κ1) is 12.9. The topological polar surface area (TPSA) is 76.1 Å². The second kappa shape index (κ2) is 5.10. The third kappa shape index (κ3) is 2.23. The van der Waals surface area contributed by atoms with Crippen LogP contribution in [0.1, 0.15) is 21.7 Å². The summed E-state index contributed by atoms with van der Waals surface area (Å²) in [5, 5.41) is 9.86. The van der Waals surface area contributed by atoms with Crippen LogP contribution in [0.15, 0.2) is 40.9 Å². The molecule has 0 N–H and O–H groups in total. The van der Waals surface area contributed by atoms with Gasteiger partial charge in [0.15, 0.2) is 12.0 Å². The van der Waals surface area contributed by atoms with Crippen molar-refractivity contribution >= 4 is 17.3 Å².